The van der Waals surface area contributed by atoms with Crippen LogP contribution in [0.25, 0.3) is 0 Å². The van der Waals surface area contributed by atoms with Gasteiger partial charge in [-0.3, -0.25) is 0 Å². The lowest BCUT2D eigenvalue weighted by Gasteiger charge is -1.98. The molecule has 0 amide bonds. The van der Waals surface area contributed by atoms with Crippen LogP contribution in [0, 0.1) is 13.8 Å². The number of ether oxygens (including phenoxy) is 1. The van der Waals surface area contributed by atoms with Crippen molar-refractivity contribution in [3.05, 3.63) is 106 Å². The van der Waals surface area contributed by atoms with Crippen LogP contribution in [0.3, 0.4) is 0 Å². The molecule has 37 heavy (non-hydrogen) atoms. The van der Waals surface area contributed by atoms with Crippen LogP contribution in [0.15, 0.2) is 72.8 Å². The second-order valence-electron chi connectivity index (χ2n) is 6.46. The zero-order valence-electron chi connectivity index (χ0n) is 22.9. The molecule has 0 unspecified atom stereocenters. The Bertz CT molecular complexity index is 1050. The summed E-state index contributed by atoms with van der Waals surface area (Å²) in [6.45, 7) is 16.2. The van der Waals surface area contributed by atoms with Gasteiger partial charge in [-0.05, 0) is 49.2 Å². The number of benzene rings is 3. The van der Waals surface area contributed by atoms with Crippen molar-refractivity contribution in [1.29, 1.82) is 0 Å². The predicted molar refractivity (Wildman–Crippen MR) is 147 cm³/mol. The standard InChI is InChI=1S/C8H6O4.C8H4O3.C8H10.3C2H6/c9-7(10)5-3-1-2-4-6(5)8(11)12;9-7-5-3-1-2-4-6(5)8(10)11-7;1-7-5-3-4-6-8(7)2;3*1-2/h1-4H,(H,9,10)(H,11,12);1-4H;3-6H,1-2H3;3*1-2H3. The number of rotatable bonds is 2. The maximum atomic E-state index is 10.8. The topological polar surface area (TPSA) is 118 Å². The fourth-order valence-corrected chi connectivity index (χ4v) is 2.55. The van der Waals surface area contributed by atoms with Crippen molar-refractivity contribution in [2.75, 3.05) is 0 Å². The second kappa shape index (κ2) is 20.0. The SMILES string of the molecule is CC.CC.CC.Cc1ccccc1C.O=C(O)c1ccccc1C(=O)O.O=C1OC(=O)c2ccccc21. The number of carboxylic acids is 2. The first kappa shape index (κ1) is 34.9. The van der Waals surface area contributed by atoms with E-state index in [1.807, 2.05) is 41.5 Å². The molecule has 7 nitrogen and oxygen atoms in total. The molecule has 7 heteroatoms. The number of cyclic esters (lactones) is 2. The van der Waals surface area contributed by atoms with Gasteiger partial charge in [0.15, 0.2) is 0 Å². The van der Waals surface area contributed by atoms with Crippen LogP contribution in [-0.2, 0) is 4.74 Å². The highest BCUT2D eigenvalue weighted by molar-refractivity contribution is 6.14. The quantitative estimate of drug-likeness (QED) is 0.271. The Morgan fingerprint density at radius 2 is 0.811 bits per heavy atom. The number of carbonyl (C=O) groups excluding carboxylic acids is 2. The smallest absolute Gasteiger partial charge is 0.346 e. The summed E-state index contributed by atoms with van der Waals surface area (Å²) in [5, 5.41) is 17.1. The van der Waals surface area contributed by atoms with Crippen molar-refractivity contribution in [2.45, 2.75) is 55.4 Å². The largest absolute Gasteiger partial charge is 0.478 e. The highest BCUT2D eigenvalue weighted by atomic mass is 16.6. The van der Waals surface area contributed by atoms with Crippen molar-refractivity contribution in [3.8, 4) is 0 Å². The molecule has 0 radical (unpaired) electrons. The van der Waals surface area contributed by atoms with Crippen LogP contribution < -0.4 is 0 Å². The van der Waals surface area contributed by atoms with E-state index in [0.717, 1.165) is 0 Å². The molecule has 1 heterocycles. The summed E-state index contributed by atoms with van der Waals surface area (Å²) in [6.07, 6.45) is 0. The lowest BCUT2D eigenvalue weighted by molar-refractivity contribution is 0.0442. The zero-order chi connectivity index (χ0) is 29.0. The van der Waals surface area contributed by atoms with Crippen LogP contribution >= 0.6 is 0 Å². The molecule has 1 aliphatic heterocycles. The monoisotopic (exact) mass is 510 g/mol. The average Bonchev–Trinajstić information content (AvgIpc) is 3.23. The predicted octanol–water partition coefficient (Wildman–Crippen LogP) is 7.46. The van der Waals surface area contributed by atoms with E-state index >= 15 is 0 Å². The Hall–Kier alpha value is -4.26. The summed E-state index contributed by atoms with van der Waals surface area (Å²) in [6, 6.07) is 20.4. The molecule has 0 fully saturated rings. The zero-order valence-corrected chi connectivity index (χ0v) is 22.9. The van der Waals surface area contributed by atoms with Gasteiger partial charge in [0.05, 0.1) is 22.3 Å². The van der Waals surface area contributed by atoms with Gasteiger partial charge in [0.25, 0.3) is 0 Å². The van der Waals surface area contributed by atoms with Crippen molar-refractivity contribution in [1.82, 2.24) is 0 Å². The van der Waals surface area contributed by atoms with Crippen LogP contribution in [-0.4, -0.2) is 34.1 Å². The number of hydrogen-bond donors (Lipinski definition) is 2. The first-order chi connectivity index (χ1) is 17.7. The molecule has 0 aromatic heterocycles. The van der Waals surface area contributed by atoms with Gasteiger partial charge in [0.2, 0.25) is 0 Å². The van der Waals surface area contributed by atoms with E-state index in [-0.39, 0.29) is 11.1 Å². The number of esters is 2. The average molecular weight is 511 g/mol. The summed E-state index contributed by atoms with van der Waals surface area (Å²) < 4.78 is 4.35. The normalized spacial score (nSPS) is 9.84. The van der Waals surface area contributed by atoms with Gasteiger partial charge in [-0.1, -0.05) is 90.1 Å². The minimum Gasteiger partial charge on any atom is -0.478 e. The molecule has 1 aliphatic rings. The molecule has 200 valence electrons. The van der Waals surface area contributed by atoms with E-state index in [1.54, 1.807) is 24.3 Å². The van der Waals surface area contributed by atoms with Gasteiger partial charge < -0.3 is 14.9 Å². The van der Waals surface area contributed by atoms with Crippen molar-refractivity contribution in [2.24, 2.45) is 0 Å². The molecule has 2 N–H and O–H groups in total. The third-order valence-corrected chi connectivity index (χ3v) is 4.37. The van der Waals surface area contributed by atoms with E-state index in [1.165, 1.54) is 35.4 Å². The lowest BCUT2D eigenvalue weighted by Crippen LogP contribution is -2.06. The van der Waals surface area contributed by atoms with Gasteiger partial charge >= 0.3 is 23.9 Å². The number of hydrogen-bond acceptors (Lipinski definition) is 5. The number of carboxylic acid groups (broad SMARTS) is 2. The second-order valence-corrected chi connectivity index (χ2v) is 6.46. The van der Waals surface area contributed by atoms with Gasteiger partial charge in [-0.2, -0.15) is 0 Å². The molecule has 0 aliphatic carbocycles. The minimum absolute atomic E-state index is 0.190. The van der Waals surface area contributed by atoms with E-state index in [0.29, 0.717) is 11.1 Å². The summed E-state index contributed by atoms with van der Waals surface area (Å²) in [4.78, 5) is 42.6. The third-order valence-electron chi connectivity index (χ3n) is 4.37. The Labute approximate surface area is 219 Å². The summed E-state index contributed by atoms with van der Waals surface area (Å²) >= 11 is 0. The Morgan fingerprint density at radius 1 is 0.541 bits per heavy atom. The van der Waals surface area contributed by atoms with Crippen molar-refractivity contribution < 1.29 is 34.1 Å². The number of fused-ring (bicyclic) bond motifs is 1. The third kappa shape index (κ3) is 11.8. The van der Waals surface area contributed by atoms with Gasteiger partial charge in [0, 0.05) is 0 Å². The van der Waals surface area contributed by atoms with Crippen LogP contribution in [0.4, 0.5) is 0 Å². The number of aromatic carboxylic acids is 2. The van der Waals surface area contributed by atoms with E-state index in [2.05, 4.69) is 42.8 Å². The molecule has 0 saturated carbocycles. The van der Waals surface area contributed by atoms with Crippen LogP contribution in [0.1, 0.15) is 94.1 Å². The van der Waals surface area contributed by atoms with Crippen LogP contribution in [0.5, 0.6) is 0 Å². The first-order valence-corrected chi connectivity index (χ1v) is 12.2. The molecule has 3 aromatic rings. The van der Waals surface area contributed by atoms with E-state index < -0.39 is 23.9 Å². The first-order valence-electron chi connectivity index (χ1n) is 12.2. The number of aryl methyl sites for hydroxylation is 2. The van der Waals surface area contributed by atoms with Crippen molar-refractivity contribution >= 4 is 23.9 Å². The van der Waals surface area contributed by atoms with Crippen molar-refractivity contribution in [3.63, 3.8) is 0 Å². The summed E-state index contributed by atoms with van der Waals surface area (Å²) in [7, 11) is 0. The molecule has 0 spiro atoms. The molecule has 4 rings (SSSR count). The highest BCUT2D eigenvalue weighted by Crippen LogP contribution is 2.18. The Balaban J connectivity index is 0. The fourth-order valence-electron chi connectivity index (χ4n) is 2.55. The Kier molecular flexibility index (Phi) is 18.9. The minimum atomic E-state index is -1.23. The van der Waals surface area contributed by atoms with Gasteiger partial charge in [-0.15, -0.1) is 0 Å². The maximum absolute atomic E-state index is 10.8. The molecule has 0 saturated heterocycles. The lowest BCUT2D eigenvalue weighted by atomic mass is 10.1. The molecular weight excluding hydrogens is 472 g/mol. The molecular formula is C30H38O7. The molecule has 0 atom stereocenters. The number of carbonyl (C=O) groups is 4. The summed E-state index contributed by atoms with van der Waals surface area (Å²) in [5.74, 6) is -3.56. The van der Waals surface area contributed by atoms with E-state index in [9.17, 15) is 19.2 Å². The van der Waals surface area contributed by atoms with Crippen LogP contribution in [0.2, 0.25) is 0 Å². The fraction of sp³-hybridized carbons (Fsp3) is 0.267. The van der Waals surface area contributed by atoms with E-state index in [4.69, 9.17) is 10.2 Å². The molecule has 3 aromatic carbocycles. The summed E-state index contributed by atoms with van der Waals surface area (Å²) in [5.41, 5.74) is 3.07. The van der Waals surface area contributed by atoms with Gasteiger partial charge in [-0.25, -0.2) is 19.2 Å². The molecule has 0 bridgehead atoms. The Morgan fingerprint density at radius 3 is 1.08 bits per heavy atom. The highest BCUT2D eigenvalue weighted by Gasteiger charge is 2.28. The van der Waals surface area contributed by atoms with Gasteiger partial charge in [0.1, 0.15) is 0 Å². The maximum Gasteiger partial charge on any atom is 0.346 e.